The number of ether oxygens (including phenoxy) is 1. The predicted molar refractivity (Wildman–Crippen MR) is 92.5 cm³/mol. The number of esters is 1. The standard InChI is InChI=1S/C20H19NO2/c1-3-14-8-7-11-19(21-14)17-12-13-18(20(22)23-4-2)16-10-6-5-9-15(16)17/h5-13H,3-4H2,1-2H3. The van der Waals surface area contributed by atoms with Gasteiger partial charge in [0.05, 0.1) is 17.9 Å². The highest BCUT2D eigenvalue weighted by Gasteiger charge is 2.14. The van der Waals surface area contributed by atoms with Gasteiger partial charge in [-0.15, -0.1) is 0 Å². The van der Waals surface area contributed by atoms with Crippen molar-refractivity contribution in [2.24, 2.45) is 0 Å². The molecule has 0 spiro atoms. The fourth-order valence-electron chi connectivity index (χ4n) is 2.74. The van der Waals surface area contributed by atoms with Crippen LogP contribution in [0.15, 0.2) is 54.6 Å². The topological polar surface area (TPSA) is 39.2 Å². The zero-order chi connectivity index (χ0) is 16.2. The molecule has 0 aliphatic carbocycles. The summed E-state index contributed by atoms with van der Waals surface area (Å²) in [4.78, 5) is 16.9. The van der Waals surface area contributed by atoms with E-state index in [1.165, 1.54) is 0 Å². The number of aromatic nitrogens is 1. The Bertz CT molecular complexity index is 855. The molecule has 1 aromatic heterocycles. The minimum absolute atomic E-state index is 0.287. The van der Waals surface area contributed by atoms with Gasteiger partial charge >= 0.3 is 5.97 Å². The quantitative estimate of drug-likeness (QED) is 0.659. The molecule has 0 aliphatic rings. The zero-order valence-corrected chi connectivity index (χ0v) is 13.4. The minimum atomic E-state index is -0.287. The van der Waals surface area contributed by atoms with E-state index in [0.29, 0.717) is 12.2 Å². The molecule has 0 bridgehead atoms. The van der Waals surface area contributed by atoms with Crippen LogP contribution in [0.25, 0.3) is 22.0 Å². The van der Waals surface area contributed by atoms with Gasteiger partial charge in [0.15, 0.2) is 0 Å². The highest BCUT2D eigenvalue weighted by molar-refractivity contribution is 6.08. The average Bonchev–Trinajstić information content (AvgIpc) is 2.61. The number of benzene rings is 2. The van der Waals surface area contributed by atoms with Gasteiger partial charge in [0.2, 0.25) is 0 Å². The van der Waals surface area contributed by atoms with Crippen molar-refractivity contribution in [3.8, 4) is 11.3 Å². The molecule has 23 heavy (non-hydrogen) atoms. The molecular weight excluding hydrogens is 286 g/mol. The summed E-state index contributed by atoms with van der Waals surface area (Å²) >= 11 is 0. The number of fused-ring (bicyclic) bond motifs is 1. The van der Waals surface area contributed by atoms with Gasteiger partial charge in [-0.2, -0.15) is 0 Å². The number of carbonyl (C=O) groups is 1. The van der Waals surface area contributed by atoms with Gasteiger partial charge in [0, 0.05) is 11.3 Å². The second-order valence-electron chi connectivity index (χ2n) is 5.29. The van der Waals surface area contributed by atoms with E-state index in [1.807, 2.05) is 61.5 Å². The number of nitrogens with zero attached hydrogens (tertiary/aromatic N) is 1. The predicted octanol–water partition coefficient (Wildman–Crippen LogP) is 4.64. The number of carbonyl (C=O) groups excluding carboxylic acids is 1. The summed E-state index contributed by atoms with van der Waals surface area (Å²) in [5, 5.41) is 1.91. The molecule has 0 fully saturated rings. The van der Waals surface area contributed by atoms with Crippen LogP contribution in [-0.2, 0) is 11.2 Å². The number of pyridine rings is 1. The van der Waals surface area contributed by atoms with Gasteiger partial charge in [-0.1, -0.05) is 43.3 Å². The van der Waals surface area contributed by atoms with Crippen molar-refractivity contribution < 1.29 is 9.53 Å². The van der Waals surface area contributed by atoms with E-state index in [9.17, 15) is 4.79 Å². The molecule has 0 unspecified atom stereocenters. The van der Waals surface area contributed by atoms with E-state index >= 15 is 0 Å². The first kappa shape index (κ1) is 15.2. The summed E-state index contributed by atoms with van der Waals surface area (Å²) in [6.07, 6.45) is 0.896. The van der Waals surface area contributed by atoms with Crippen molar-refractivity contribution in [3.05, 3.63) is 65.9 Å². The summed E-state index contributed by atoms with van der Waals surface area (Å²) < 4.78 is 5.16. The molecule has 0 saturated heterocycles. The van der Waals surface area contributed by atoms with Gasteiger partial charge in [-0.05, 0) is 42.3 Å². The zero-order valence-electron chi connectivity index (χ0n) is 13.4. The van der Waals surface area contributed by atoms with E-state index in [1.54, 1.807) is 0 Å². The molecule has 0 amide bonds. The second kappa shape index (κ2) is 6.61. The van der Waals surface area contributed by atoms with Crippen molar-refractivity contribution in [1.82, 2.24) is 4.98 Å². The summed E-state index contributed by atoms with van der Waals surface area (Å²) in [5.74, 6) is -0.287. The van der Waals surface area contributed by atoms with E-state index in [0.717, 1.165) is 34.1 Å². The van der Waals surface area contributed by atoms with E-state index in [-0.39, 0.29) is 5.97 Å². The SMILES string of the molecule is CCOC(=O)c1ccc(-c2cccc(CC)n2)c2ccccc12. The lowest BCUT2D eigenvalue weighted by Gasteiger charge is -2.11. The van der Waals surface area contributed by atoms with Crippen molar-refractivity contribution in [2.75, 3.05) is 6.61 Å². The second-order valence-corrected chi connectivity index (χ2v) is 5.29. The van der Waals surface area contributed by atoms with Crippen LogP contribution < -0.4 is 0 Å². The molecule has 3 heteroatoms. The van der Waals surface area contributed by atoms with Crippen molar-refractivity contribution in [1.29, 1.82) is 0 Å². The fourth-order valence-corrected chi connectivity index (χ4v) is 2.74. The van der Waals surface area contributed by atoms with Crippen molar-refractivity contribution in [2.45, 2.75) is 20.3 Å². The molecule has 0 aliphatic heterocycles. The smallest absolute Gasteiger partial charge is 0.338 e. The number of hydrogen-bond acceptors (Lipinski definition) is 3. The molecule has 3 nitrogen and oxygen atoms in total. The first-order valence-corrected chi connectivity index (χ1v) is 7.89. The third-order valence-corrected chi connectivity index (χ3v) is 3.86. The highest BCUT2D eigenvalue weighted by Crippen LogP contribution is 2.30. The molecule has 0 N–H and O–H groups in total. The number of aryl methyl sites for hydroxylation is 1. The van der Waals surface area contributed by atoms with Gasteiger partial charge in [0.1, 0.15) is 0 Å². The first-order chi connectivity index (χ1) is 11.2. The number of rotatable bonds is 4. The lowest BCUT2D eigenvalue weighted by molar-refractivity contribution is 0.0528. The van der Waals surface area contributed by atoms with E-state index in [4.69, 9.17) is 9.72 Å². The molecule has 3 aromatic rings. The lowest BCUT2D eigenvalue weighted by Crippen LogP contribution is -2.05. The van der Waals surface area contributed by atoms with E-state index in [2.05, 4.69) is 6.92 Å². The van der Waals surface area contributed by atoms with Gasteiger partial charge in [-0.3, -0.25) is 4.98 Å². The van der Waals surface area contributed by atoms with Crippen LogP contribution in [0.4, 0.5) is 0 Å². The Labute approximate surface area is 135 Å². The Hall–Kier alpha value is -2.68. The monoisotopic (exact) mass is 305 g/mol. The lowest BCUT2D eigenvalue weighted by atomic mass is 9.97. The third-order valence-electron chi connectivity index (χ3n) is 3.86. The minimum Gasteiger partial charge on any atom is -0.462 e. The third kappa shape index (κ3) is 2.95. The summed E-state index contributed by atoms with van der Waals surface area (Å²) in [6.45, 7) is 4.28. The molecule has 3 rings (SSSR count). The van der Waals surface area contributed by atoms with Crippen LogP contribution in [-0.4, -0.2) is 17.6 Å². The largest absolute Gasteiger partial charge is 0.462 e. The summed E-state index contributed by atoms with van der Waals surface area (Å²) in [6, 6.07) is 17.7. The maximum Gasteiger partial charge on any atom is 0.338 e. The Morgan fingerprint density at radius 1 is 0.957 bits per heavy atom. The fraction of sp³-hybridized carbons (Fsp3) is 0.200. The normalized spacial score (nSPS) is 10.7. The summed E-state index contributed by atoms with van der Waals surface area (Å²) in [5.41, 5.74) is 3.61. The maximum atomic E-state index is 12.2. The van der Waals surface area contributed by atoms with Crippen LogP contribution in [0, 0.1) is 0 Å². The molecule has 0 atom stereocenters. The molecule has 0 saturated carbocycles. The van der Waals surface area contributed by atoms with Crippen molar-refractivity contribution in [3.63, 3.8) is 0 Å². The molecule has 116 valence electrons. The highest BCUT2D eigenvalue weighted by atomic mass is 16.5. The van der Waals surface area contributed by atoms with Crippen molar-refractivity contribution >= 4 is 16.7 Å². The maximum absolute atomic E-state index is 12.2. The van der Waals surface area contributed by atoms with Gasteiger partial charge in [-0.25, -0.2) is 4.79 Å². The van der Waals surface area contributed by atoms with Crippen LogP contribution in [0.3, 0.4) is 0 Å². The molecular formula is C20H19NO2. The van der Waals surface area contributed by atoms with Crippen LogP contribution in [0.1, 0.15) is 29.9 Å². The van der Waals surface area contributed by atoms with Crippen LogP contribution in [0.2, 0.25) is 0 Å². The molecule has 1 heterocycles. The van der Waals surface area contributed by atoms with Gasteiger partial charge < -0.3 is 4.74 Å². The van der Waals surface area contributed by atoms with Crippen LogP contribution >= 0.6 is 0 Å². The number of hydrogen-bond donors (Lipinski definition) is 0. The Kier molecular flexibility index (Phi) is 4.38. The van der Waals surface area contributed by atoms with E-state index < -0.39 is 0 Å². The Balaban J connectivity index is 2.20. The molecule has 2 aromatic carbocycles. The van der Waals surface area contributed by atoms with Crippen LogP contribution in [0.5, 0.6) is 0 Å². The molecule has 0 radical (unpaired) electrons. The van der Waals surface area contributed by atoms with Gasteiger partial charge in [0.25, 0.3) is 0 Å². The average molecular weight is 305 g/mol. The Morgan fingerprint density at radius 2 is 1.74 bits per heavy atom. The Morgan fingerprint density at radius 3 is 2.48 bits per heavy atom. The first-order valence-electron chi connectivity index (χ1n) is 7.89. The summed E-state index contributed by atoms with van der Waals surface area (Å²) in [7, 11) is 0.